The van der Waals surface area contributed by atoms with Gasteiger partial charge in [0, 0.05) is 73.0 Å². The zero-order valence-electron chi connectivity index (χ0n) is 36.3. The second-order valence-corrected chi connectivity index (χ2v) is 14.8. The number of ether oxygens (including phenoxy) is 4. The van der Waals surface area contributed by atoms with E-state index in [4.69, 9.17) is 36.9 Å². The average molecular weight is 990 g/mol. The molecular weight excluding hydrogens is 930 g/mol. The molecule has 0 spiro atoms. The SMILES string of the molecule is C.C=S.CCC(=S)NC[C@H]1CN(c2ccc(N3CCN(C(=O)COC(=O)NC)CC3)c(F)c2)C(=O)O1.CNC(=O)OCC(=O)N1CCN(c2ccc(N3C[C@H](CN)OC3=O)cc2F)CC1.Cl. The van der Waals surface area contributed by atoms with E-state index >= 15 is 0 Å². The third-order valence-electron chi connectivity index (χ3n) is 10.4. The van der Waals surface area contributed by atoms with Crippen LogP contribution in [0.1, 0.15) is 20.8 Å². The highest BCUT2D eigenvalue weighted by molar-refractivity contribution is 7.80. The molecule has 25 heteroatoms. The molecule has 2 aromatic carbocycles. The number of piperazine rings is 2. The molecule has 366 valence electrons. The molecule has 4 fully saturated rings. The third-order valence-corrected chi connectivity index (χ3v) is 10.8. The molecule has 2 atom stereocenters. The van der Waals surface area contributed by atoms with Gasteiger partial charge in [-0.2, -0.15) is 0 Å². The maximum Gasteiger partial charge on any atom is 0.414 e. The first kappa shape index (κ1) is 56.3. The Labute approximate surface area is 399 Å². The standard InChI is InChI=1S/C21H28FN5O5S.C18H24FN5O5.CH2S.CH4.ClH/c1-3-18(33)24-11-15-12-27(21(30)32-15)14-4-5-17(16(22)10-14)25-6-8-26(9-7-25)19(28)13-31-20(29)23-2;1-21-17(26)28-11-16(25)23-6-4-22(5-7-23)15-3-2-12(8-14(15)19)24-10-13(9-20)29-18(24)27;1-2;;/h4-5,10,15H,3,6-9,11-13H2,1-2H3,(H,23,29)(H,24,33);2-3,8,13H,4-7,9-11,20H2,1H3,(H,21,26);1H2;1H4;1H/t15-;13-;;;/m00.../s1. The number of nitrogens with one attached hydrogen (secondary N) is 3. The number of rotatable bonds is 12. The van der Waals surface area contributed by atoms with E-state index in [1.165, 1.54) is 36.0 Å². The molecule has 4 heterocycles. The lowest BCUT2D eigenvalue weighted by molar-refractivity contribution is -0.135. The van der Waals surface area contributed by atoms with Crippen LogP contribution in [0.3, 0.4) is 0 Å². The van der Waals surface area contributed by atoms with Crippen LogP contribution in [0.5, 0.6) is 0 Å². The second-order valence-electron chi connectivity index (χ2n) is 14.3. The van der Waals surface area contributed by atoms with Gasteiger partial charge in [0.1, 0.15) is 23.8 Å². The Hall–Kier alpha value is -5.85. The first-order chi connectivity index (χ1) is 30.7. The van der Waals surface area contributed by atoms with Crippen molar-refractivity contribution < 1.29 is 56.5 Å². The first-order valence-electron chi connectivity index (χ1n) is 20.3. The summed E-state index contributed by atoms with van der Waals surface area (Å²) < 4.78 is 49.6. The Balaban J connectivity index is 0.000000427. The van der Waals surface area contributed by atoms with Crippen molar-refractivity contribution in [2.24, 2.45) is 5.73 Å². The Kier molecular flexibility index (Phi) is 23.5. The highest BCUT2D eigenvalue weighted by atomic mass is 35.5. The summed E-state index contributed by atoms with van der Waals surface area (Å²) in [6.07, 6.45) is -2.47. The number of hydrogen-bond acceptors (Lipinski definition) is 15. The lowest BCUT2D eigenvalue weighted by Gasteiger charge is -2.36. The topological polar surface area (TPSA) is 221 Å². The fourth-order valence-corrected chi connectivity index (χ4v) is 6.95. The van der Waals surface area contributed by atoms with E-state index < -0.39 is 42.1 Å². The maximum atomic E-state index is 14.9. The van der Waals surface area contributed by atoms with Gasteiger partial charge in [0.25, 0.3) is 11.8 Å². The van der Waals surface area contributed by atoms with E-state index in [0.717, 1.165) is 0 Å². The van der Waals surface area contributed by atoms with Gasteiger partial charge in [0.05, 0.1) is 47.4 Å². The minimum absolute atomic E-state index is 0. The van der Waals surface area contributed by atoms with Crippen molar-refractivity contribution in [3.05, 3.63) is 48.0 Å². The minimum Gasteiger partial charge on any atom is -0.443 e. The van der Waals surface area contributed by atoms with E-state index in [0.29, 0.717) is 99.6 Å². The molecule has 4 aliphatic rings. The van der Waals surface area contributed by atoms with E-state index in [2.05, 4.69) is 34.0 Å². The first-order valence-corrected chi connectivity index (χ1v) is 21.3. The summed E-state index contributed by atoms with van der Waals surface area (Å²) in [6, 6.07) is 9.19. The highest BCUT2D eigenvalue weighted by Crippen LogP contribution is 2.30. The third kappa shape index (κ3) is 15.4. The number of amides is 6. The van der Waals surface area contributed by atoms with Gasteiger partial charge in [0.2, 0.25) is 0 Å². The molecule has 0 saturated carbocycles. The smallest absolute Gasteiger partial charge is 0.414 e. The number of nitrogens with two attached hydrogens (primary N) is 1. The van der Waals surface area contributed by atoms with Crippen LogP contribution in [0, 0.1) is 11.6 Å². The van der Waals surface area contributed by atoms with Gasteiger partial charge >= 0.3 is 24.4 Å². The summed E-state index contributed by atoms with van der Waals surface area (Å²) in [5.41, 5.74) is 7.14. The average Bonchev–Trinajstić information content (AvgIpc) is 3.90. The van der Waals surface area contributed by atoms with Crippen LogP contribution in [0.4, 0.5) is 50.7 Å². The zero-order valence-corrected chi connectivity index (χ0v) is 38.7. The number of anilines is 4. The number of hydrogen-bond donors (Lipinski definition) is 4. The van der Waals surface area contributed by atoms with Crippen LogP contribution in [-0.2, 0) is 28.5 Å². The molecule has 0 bridgehead atoms. The number of carbonyl (C=O) groups is 6. The Bertz CT molecular complexity index is 2000. The van der Waals surface area contributed by atoms with Gasteiger partial charge in [-0.3, -0.25) is 19.4 Å². The van der Waals surface area contributed by atoms with Crippen molar-refractivity contribution in [2.75, 3.05) is 125 Å². The van der Waals surface area contributed by atoms with E-state index in [-0.39, 0.29) is 64.1 Å². The summed E-state index contributed by atoms with van der Waals surface area (Å²) in [7, 11) is 2.82. The minimum atomic E-state index is -0.668. The van der Waals surface area contributed by atoms with Crippen molar-refractivity contribution >= 4 is 107 Å². The van der Waals surface area contributed by atoms with Gasteiger partial charge < -0.3 is 60.2 Å². The molecule has 5 N–H and O–H groups in total. The zero-order chi connectivity index (χ0) is 46.9. The Morgan fingerprint density at radius 3 is 1.48 bits per heavy atom. The number of alkyl carbamates (subject to hydrolysis) is 2. The number of halogens is 3. The molecule has 4 saturated heterocycles. The summed E-state index contributed by atoms with van der Waals surface area (Å²) >= 11 is 8.96. The fraction of sp³-hybridized carbons (Fsp3) is 0.512. The van der Waals surface area contributed by atoms with Crippen LogP contribution < -0.4 is 41.3 Å². The monoisotopic (exact) mass is 988 g/mol. The van der Waals surface area contributed by atoms with Gasteiger partial charge in [0.15, 0.2) is 13.2 Å². The van der Waals surface area contributed by atoms with Gasteiger partial charge in [-0.25, -0.2) is 28.0 Å². The predicted molar refractivity (Wildman–Crippen MR) is 255 cm³/mol. The summed E-state index contributed by atoms with van der Waals surface area (Å²) in [5, 5.41) is 7.60. The van der Waals surface area contributed by atoms with E-state index in [1.807, 2.05) is 16.7 Å². The molecule has 0 aromatic heterocycles. The summed E-state index contributed by atoms with van der Waals surface area (Å²) in [5.74, 6) is 1.31. The van der Waals surface area contributed by atoms with Crippen LogP contribution in [0.25, 0.3) is 0 Å². The van der Waals surface area contributed by atoms with Crippen molar-refractivity contribution in [2.45, 2.75) is 33.0 Å². The van der Waals surface area contributed by atoms with E-state index in [9.17, 15) is 37.5 Å². The number of benzene rings is 2. The molecule has 4 aliphatic heterocycles. The van der Waals surface area contributed by atoms with E-state index in [1.54, 1.807) is 34.1 Å². The van der Waals surface area contributed by atoms with Crippen molar-refractivity contribution in [3.63, 3.8) is 0 Å². The highest BCUT2D eigenvalue weighted by Gasteiger charge is 2.34. The molecule has 2 aromatic rings. The largest absolute Gasteiger partial charge is 0.443 e. The molecule has 66 heavy (non-hydrogen) atoms. The summed E-state index contributed by atoms with van der Waals surface area (Å²) in [4.78, 5) is 80.8. The second kappa shape index (κ2) is 27.6. The normalized spacial score (nSPS) is 17.5. The summed E-state index contributed by atoms with van der Waals surface area (Å²) in [6.45, 7) is 5.72. The fourth-order valence-electron chi connectivity index (χ4n) is 6.86. The molecule has 0 unspecified atom stereocenters. The van der Waals surface area contributed by atoms with Crippen LogP contribution >= 0.6 is 36.8 Å². The number of carbonyl (C=O) groups excluding carboxylic acids is 6. The van der Waals surface area contributed by atoms with Crippen molar-refractivity contribution in [1.82, 2.24) is 25.8 Å². The van der Waals surface area contributed by atoms with Crippen molar-refractivity contribution in [3.8, 4) is 0 Å². The molecule has 6 rings (SSSR count). The molecule has 20 nitrogen and oxygen atoms in total. The molecular formula is C41H59ClF2N10O10S2. The van der Waals surface area contributed by atoms with Gasteiger partial charge in [-0.15, -0.1) is 12.4 Å². The van der Waals surface area contributed by atoms with Crippen LogP contribution in [0.2, 0.25) is 0 Å². The van der Waals surface area contributed by atoms with Crippen LogP contribution in [-0.4, -0.2) is 175 Å². The lowest BCUT2D eigenvalue weighted by atomic mass is 10.2. The quantitative estimate of drug-likeness (QED) is 0.177. The molecule has 6 amide bonds. The predicted octanol–water partition coefficient (Wildman–Crippen LogP) is 3.27. The van der Waals surface area contributed by atoms with Crippen LogP contribution in [0.15, 0.2) is 36.4 Å². The van der Waals surface area contributed by atoms with Crippen molar-refractivity contribution in [1.29, 1.82) is 0 Å². The number of cyclic esters (lactones) is 2. The molecule has 0 radical (unpaired) electrons. The number of nitrogens with zero attached hydrogens (tertiary/aromatic N) is 6. The Morgan fingerprint density at radius 2 is 1.14 bits per heavy atom. The Morgan fingerprint density at radius 1 is 0.742 bits per heavy atom. The molecule has 0 aliphatic carbocycles. The van der Waals surface area contributed by atoms with Gasteiger partial charge in [-0.05, 0) is 48.7 Å². The number of thiocarbonyl (C=S) groups is 2. The van der Waals surface area contributed by atoms with Gasteiger partial charge in [-0.1, -0.05) is 38.8 Å². The maximum absolute atomic E-state index is 14.9. The lowest BCUT2D eigenvalue weighted by Crippen LogP contribution is -2.50.